The number of nitro groups is 1. The van der Waals surface area contributed by atoms with Crippen LogP contribution >= 0.6 is 11.8 Å². The molecule has 0 heterocycles. The van der Waals surface area contributed by atoms with Gasteiger partial charge in [0.25, 0.3) is 11.6 Å². The second-order valence-corrected chi connectivity index (χ2v) is 5.77. The zero-order chi connectivity index (χ0) is 17.4. The van der Waals surface area contributed by atoms with E-state index in [1.807, 2.05) is 30.3 Å². The number of nitrogens with one attached hydrogen (secondary N) is 2. The molecule has 0 aliphatic rings. The fourth-order valence-electron chi connectivity index (χ4n) is 1.83. The highest BCUT2D eigenvalue weighted by atomic mass is 32.2. The Kier molecular flexibility index (Phi) is 6.32. The van der Waals surface area contributed by atoms with Gasteiger partial charge in [0.2, 0.25) is 5.91 Å². The Labute approximate surface area is 142 Å². The predicted molar refractivity (Wildman–Crippen MR) is 91.3 cm³/mol. The molecule has 0 unspecified atom stereocenters. The molecule has 2 aromatic rings. The molecule has 2 amide bonds. The fourth-order valence-corrected chi connectivity index (χ4v) is 2.62. The van der Waals surface area contributed by atoms with E-state index in [4.69, 9.17) is 0 Å². The lowest BCUT2D eigenvalue weighted by atomic mass is 10.2. The van der Waals surface area contributed by atoms with Gasteiger partial charge >= 0.3 is 0 Å². The Hall–Kier alpha value is -2.87. The van der Waals surface area contributed by atoms with Crippen LogP contribution in [-0.4, -0.2) is 22.5 Å². The number of carbonyl (C=O) groups excluding carboxylic acids is 2. The standard InChI is InChI=1S/C16H15N3O4S/c20-15(11-24-10-12-5-2-1-3-6-12)17-18-16(21)13-7-4-8-14(9-13)19(22)23/h1-9H,10-11H2,(H,17,20)(H,18,21). The molecule has 0 aliphatic heterocycles. The van der Waals surface area contributed by atoms with Crippen molar-refractivity contribution < 1.29 is 14.5 Å². The number of carbonyl (C=O) groups is 2. The van der Waals surface area contributed by atoms with Gasteiger partial charge in [-0.2, -0.15) is 0 Å². The van der Waals surface area contributed by atoms with Crippen LogP contribution in [0.3, 0.4) is 0 Å². The summed E-state index contributed by atoms with van der Waals surface area (Å²) in [6, 6.07) is 15.0. The molecule has 0 aromatic heterocycles. The summed E-state index contributed by atoms with van der Waals surface area (Å²) in [6.07, 6.45) is 0. The van der Waals surface area contributed by atoms with Crippen LogP contribution in [0.15, 0.2) is 54.6 Å². The smallest absolute Gasteiger partial charge is 0.270 e. The summed E-state index contributed by atoms with van der Waals surface area (Å²) >= 11 is 1.42. The average molecular weight is 345 g/mol. The maximum Gasteiger partial charge on any atom is 0.270 e. The Balaban J connectivity index is 1.76. The minimum absolute atomic E-state index is 0.0986. The number of amides is 2. The maximum atomic E-state index is 11.9. The maximum absolute atomic E-state index is 11.9. The SMILES string of the molecule is O=C(CSCc1ccccc1)NNC(=O)c1cccc([N+](=O)[O-])c1. The van der Waals surface area contributed by atoms with E-state index in [2.05, 4.69) is 10.9 Å². The van der Waals surface area contributed by atoms with Crippen LogP contribution in [0.4, 0.5) is 5.69 Å². The van der Waals surface area contributed by atoms with Crippen LogP contribution in [0, 0.1) is 10.1 Å². The van der Waals surface area contributed by atoms with E-state index in [1.165, 1.54) is 30.0 Å². The van der Waals surface area contributed by atoms with Gasteiger partial charge in [-0.25, -0.2) is 0 Å². The fraction of sp³-hybridized carbons (Fsp3) is 0.125. The molecule has 2 aromatic carbocycles. The lowest BCUT2D eigenvalue weighted by Gasteiger charge is -2.07. The first-order chi connectivity index (χ1) is 11.6. The highest BCUT2D eigenvalue weighted by Crippen LogP contribution is 2.13. The summed E-state index contributed by atoms with van der Waals surface area (Å²) < 4.78 is 0. The summed E-state index contributed by atoms with van der Waals surface area (Å²) in [7, 11) is 0. The first-order valence-electron chi connectivity index (χ1n) is 7.01. The number of benzene rings is 2. The van der Waals surface area contributed by atoms with Crippen LogP contribution in [0.2, 0.25) is 0 Å². The molecule has 0 bridgehead atoms. The third-order valence-electron chi connectivity index (χ3n) is 2.98. The molecule has 2 rings (SSSR count). The lowest BCUT2D eigenvalue weighted by Crippen LogP contribution is -2.42. The average Bonchev–Trinajstić information content (AvgIpc) is 2.60. The number of nitrogens with zero attached hydrogens (tertiary/aromatic N) is 1. The molecule has 124 valence electrons. The highest BCUT2D eigenvalue weighted by molar-refractivity contribution is 7.99. The number of hydrogen-bond donors (Lipinski definition) is 2. The Bertz CT molecular complexity index is 737. The molecule has 24 heavy (non-hydrogen) atoms. The number of rotatable bonds is 6. The van der Waals surface area contributed by atoms with Gasteiger partial charge in [-0.15, -0.1) is 11.8 Å². The molecular weight excluding hydrogens is 330 g/mol. The van der Waals surface area contributed by atoms with Crippen LogP contribution in [0.5, 0.6) is 0 Å². The van der Waals surface area contributed by atoms with Crippen molar-refractivity contribution in [2.75, 3.05) is 5.75 Å². The summed E-state index contributed by atoms with van der Waals surface area (Å²) in [5.41, 5.74) is 5.54. The molecule has 2 N–H and O–H groups in total. The largest absolute Gasteiger partial charge is 0.272 e. The quantitative estimate of drug-likeness (QED) is 0.618. The van der Waals surface area contributed by atoms with E-state index in [0.717, 1.165) is 11.6 Å². The lowest BCUT2D eigenvalue weighted by molar-refractivity contribution is -0.384. The number of non-ortho nitro benzene ring substituents is 1. The van der Waals surface area contributed by atoms with Crippen molar-refractivity contribution in [3.63, 3.8) is 0 Å². The van der Waals surface area contributed by atoms with E-state index >= 15 is 0 Å². The first-order valence-corrected chi connectivity index (χ1v) is 8.17. The van der Waals surface area contributed by atoms with Gasteiger partial charge in [0.15, 0.2) is 0 Å². The second kappa shape index (κ2) is 8.68. The van der Waals surface area contributed by atoms with Crippen molar-refractivity contribution in [2.45, 2.75) is 5.75 Å². The van der Waals surface area contributed by atoms with E-state index < -0.39 is 10.8 Å². The van der Waals surface area contributed by atoms with Gasteiger partial charge in [0, 0.05) is 23.4 Å². The first kappa shape index (κ1) is 17.5. The predicted octanol–water partition coefficient (Wildman–Crippen LogP) is 2.29. The van der Waals surface area contributed by atoms with Gasteiger partial charge in [-0.3, -0.25) is 30.6 Å². The van der Waals surface area contributed by atoms with Crippen molar-refractivity contribution in [2.24, 2.45) is 0 Å². The molecule has 0 fully saturated rings. The van der Waals surface area contributed by atoms with Crippen LogP contribution < -0.4 is 10.9 Å². The van der Waals surface area contributed by atoms with E-state index in [0.29, 0.717) is 5.75 Å². The summed E-state index contributed by atoms with van der Waals surface area (Å²) in [6.45, 7) is 0. The van der Waals surface area contributed by atoms with Gasteiger partial charge in [-0.05, 0) is 11.6 Å². The van der Waals surface area contributed by atoms with E-state index in [1.54, 1.807) is 0 Å². The number of hydrogen-bond acceptors (Lipinski definition) is 5. The molecule has 0 radical (unpaired) electrons. The van der Waals surface area contributed by atoms with Crippen molar-refractivity contribution >= 4 is 29.3 Å². The van der Waals surface area contributed by atoms with Crippen LogP contribution in [-0.2, 0) is 10.5 Å². The van der Waals surface area contributed by atoms with Crippen molar-refractivity contribution in [1.29, 1.82) is 0 Å². The molecule has 8 heteroatoms. The molecule has 0 saturated carbocycles. The topological polar surface area (TPSA) is 101 Å². The number of hydrazine groups is 1. The molecule has 0 atom stereocenters. The molecule has 0 aliphatic carbocycles. The van der Waals surface area contributed by atoms with Gasteiger partial charge in [0.05, 0.1) is 10.7 Å². The Morgan fingerprint density at radius 1 is 1.04 bits per heavy atom. The summed E-state index contributed by atoms with van der Waals surface area (Å²) in [4.78, 5) is 33.6. The normalized spacial score (nSPS) is 10.0. The van der Waals surface area contributed by atoms with Crippen LogP contribution in [0.1, 0.15) is 15.9 Å². The van der Waals surface area contributed by atoms with Crippen molar-refractivity contribution in [3.05, 3.63) is 75.8 Å². The van der Waals surface area contributed by atoms with E-state index in [-0.39, 0.29) is 22.9 Å². The van der Waals surface area contributed by atoms with Gasteiger partial charge in [-0.1, -0.05) is 36.4 Å². The van der Waals surface area contributed by atoms with Crippen molar-refractivity contribution in [1.82, 2.24) is 10.9 Å². The summed E-state index contributed by atoms with van der Waals surface area (Å²) in [5, 5.41) is 10.7. The third kappa shape index (κ3) is 5.40. The minimum atomic E-state index is -0.611. The summed E-state index contributed by atoms with van der Waals surface area (Å²) in [5.74, 6) is -0.0909. The van der Waals surface area contributed by atoms with E-state index in [9.17, 15) is 19.7 Å². The Morgan fingerprint density at radius 2 is 1.79 bits per heavy atom. The van der Waals surface area contributed by atoms with Gasteiger partial charge < -0.3 is 0 Å². The zero-order valence-electron chi connectivity index (χ0n) is 12.6. The van der Waals surface area contributed by atoms with Crippen LogP contribution in [0.25, 0.3) is 0 Å². The number of nitro benzene ring substituents is 1. The highest BCUT2D eigenvalue weighted by Gasteiger charge is 2.12. The molecule has 0 spiro atoms. The zero-order valence-corrected chi connectivity index (χ0v) is 13.4. The number of thioether (sulfide) groups is 1. The molecule has 0 saturated heterocycles. The second-order valence-electron chi connectivity index (χ2n) is 4.79. The monoisotopic (exact) mass is 345 g/mol. The third-order valence-corrected chi connectivity index (χ3v) is 3.98. The molecule has 7 nitrogen and oxygen atoms in total. The molecular formula is C16H15N3O4S. The minimum Gasteiger partial charge on any atom is -0.272 e. The Morgan fingerprint density at radius 3 is 2.50 bits per heavy atom. The van der Waals surface area contributed by atoms with Crippen molar-refractivity contribution in [3.8, 4) is 0 Å². The van der Waals surface area contributed by atoms with Gasteiger partial charge in [0.1, 0.15) is 0 Å².